The first-order valence-corrected chi connectivity index (χ1v) is 8.97. The van der Waals surface area contributed by atoms with Gasteiger partial charge in [-0.1, -0.05) is 0 Å². The molecule has 26 heavy (non-hydrogen) atoms. The molecule has 3 rings (SSSR count). The van der Waals surface area contributed by atoms with Gasteiger partial charge in [-0.15, -0.1) is 0 Å². The Hall–Kier alpha value is -2.34. The van der Waals surface area contributed by atoms with E-state index in [0.29, 0.717) is 48.2 Å². The Morgan fingerprint density at radius 1 is 1.08 bits per heavy atom. The van der Waals surface area contributed by atoms with Gasteiger partial charge in [-0.25, -0.2) is 0 Å². The largest absolute Gasteiger partial charge is 0.493 e. The fraction of sp³-hybridized carbons (Fsp3) is 0.500. The smallest absolute Gasteiger partial charge is 0.247 e. The number of Topliss-reactive ketones (excluding diaryl/α,β-unsaturated/α-hetero) is 1. The minimum absolute atomic E-state index is 0.0801. The van der Waals surface area contributed by atoms with Crippen molar-refractivity contribution in [3.8, 4) is 11.5 Å². The van der Waals surface area contributed by atoms with Gasteiger partial charge in [0.05, 0.1) is 14.2 Å². The second-order valence-corrected chi connectivity index (χ2v) is 6.99. The number of piperazine rings is 1. The lowest BCUT2D eigenvalue weighted by molar-refractivity contribution is -0.128. The Morgan fingerprint density at radius 2 is 1.69 bits per heavy atom. The number of rotatable bonds is 4. The maximum absolute atomic E-state index is 12.7. The van der Waals surface area contributed by atoms with Gasteiger partial charge in [-0.2, -0.15) is 0 Å². The summed E-state index contributed by atoms with van der Waals surface area (Å²) in [7, 11) is 3.11. The third-order valence-corrected chi connectivity index (χ3v) is 5.18. The zero-order chi connectivity index (χ0) is 18.8. The lowest BCUT2D eigenvalue weighted by Gasteiger charge is -2.36. The van der Waals surface area contributed by atoms with E-state index in [-0.39, 0.29) is 11.7 Å². The van der Waals surface area contributed by atoms with Crippen molar-refractivity contribution in [2.24, 2.45) is 0 Å². The van der Waals surface area contributed by atoms with Crippen molar-refractivity contribution in [1.29, 1.82) is 0 Å². The van der Waals surface area contributed by atoms with Crippen LogP contribution >= 0.6 is 0 Å². The number of hydrogen-bond acceptors (Lipinski definition) is 5. The Bertz CT molecular complexity index is 746. The molecule has 1 aliphatic heterocycles. The van der Waals surface area contributed by atoms with Crippen LogP contribution in [-0.4, -0.2) is 67.9 Å². The molecule has 0 bridgehead atoms. The van der Waals surface area contributed by atoms with Crippen molar-refractivity contribution in [3.63, 3.8) is 0 Å². The summed E-state index contributed by atoms with van der Waals surface area (Å²) in [4.78, 5) is 29.5. The average molecular weight is 358 g/mol. The Balaban J connectivity index is 1.74. The topological polar surface area (TPSA) is 59.1 Å². The van der Waals surface area contributed by atoms with Crippen LogP contribution in [0.5, 0.6) is 11.5 Å². The maximum atomic E-state index is 12.7. The highest BCUT2D eigenvalue weighted by atomic mass is 16.5. The molecule has 2 aliphatic rings. The summed E-state index contributed by atoms with van der Waals surface area (Å²) < 4.78 is 10.6. The highest BCUT2D eigenvalue weighted by Crippen LogP contribution is 2.36. The van der Waals surface area contributed by atoms with Gasteiger partial charge >= 0.3 is 0 Å². The van der Waals surface area contributed by atoms with E-state index in [9.17, 15) is 9.59 Å². The van der Waals surface area contributed by atoms with Gasteiger partial charge in [0.15, 0.2) is 17.3 Å². The highest BCUT2D eigenvalue weighted by Gasteiger charge is 2.29. The molecule has 1 amide bonds. The number of fused-ring (bicyclic) bond motifs is 1. The molecule has 0 unspecified atom stereocenters. The van der Waals surface area contributed by atoms with E-state index in [0.717, 1.165) is 18.7 Å². The summed E-state index contributed by atoms with van der Waals surface area (Å²) in [6.07, 6.45) is 1.96. The van der Waals surface area contributed by atoms with Crippen molar-refractivity contribution < 1.29 is 19.1 Å². The molecule has 0 radical (unpaired) electrons. The van der Waals surface area contributed by atoms with Gasteiger partial charge in [0.2, 0.25) is 5.91 Å². The predicted octanol–water partition coefficient (Wildman–Crippen LogP) is 1.92. The molecule has 1 aromatic rings. The third kappa shape index (κ3) is 3.46. The van der Waals surface area contributed by atoms with Gasteiger partial charge in [0.25, 0.3) is 0 Å². The number of carbonyl (C=O) groups excluding carboxylic acids is 2. The summed E-state index contributed by atoms with van der Waals surface area (Å²) in [6.45, 7) is 7.46. The van der Waals surface area contributed by atoms with Crippen molar-refractivity contribution in [2.45, 2.75) is 26.3 Å². The molecule has 1 heterocycles. The standard InChI is InChI=1S/C20H26N2O4/c1-13(2)21-5-7-22(8-6-21)19(23)11-15-9-14-10-17(25-3)18(26-4)12-16(14)20(15)24/h10-13H,5-9H2,1-4H3/b15-11-. The van der Waals surface area contributed by atoms with Crippen molar-refractivity contribution >= 4 is 11.7 Å². The zero-order valence-corrected chi connectivity index (χ0v) is 15.9. The molecule has 0 saturated carbocycles. The SMILES string of the molecule is COc1cc2c(cc1OC)C(=O)/C(=C\C(=O)N1CCN(C(C)C)CC1)C2. The summed E-state index contributed by atoms with van der Waals surface area (Å²) in [5, 5.41) is 0. The number of ketones is 1. The van der Waals surface area contributed by atoms with Crippen LogP contribution in [0.2, 0.25) is 0 Å². The van der Waals surface area contributed by atoms with Crippen LogP contribution in [0.15, 0.2) is 23.8 Å². The Morgan fingerprint density at radius 3 is 2.27 bits per heavy atom. The van der Waals surface area contributed by atoms with Crippen LogP contribution in [0.1, 0.15) is 29.8 Å². The first-order chi connectivity index (χ1) is 12.4. The molecule has 6 nitrogen and oxygen atoms in total. The number of ether oxygens (including phenoxy) is 2. The molecule has 6 heteroatoms. The number of hydrogen-bond donors (Lipinski definition) is 0. The predicted molar refractivity (Wildman–Crippen MR) is 99.0 cm³/mol. The zero-order valence-electron chi connectivity index (χ0n) is 15.9. The van der Waals surface area contributed by atoms with Gasteiger partial charge in [-0.3, -0.25) is 14.5 Å². The second-order valence-electron chi connectivity index (χ2n) is 6.99. The Kier molecular flexibility index (Phi) is 5.32. The monoisotopic (exact) mass is 358 g/mol. The number of methoxy groups -OCH3 is 2. The fourth-order valence-electron chi connectivity index (χ4n) is 3.55. The molecule has 1 fully saturated rings. The van der Waals surface area contributed by atoms with Crippen molar-refractivity contribution in [2.75, 3.05) is 40.4 Å². The van der Waals surface area contributed by atoms with E-state index < -0.39 is 0 Å². The highest BCUT2D eigenvalue weighted by molar-refractivity contribution is 6.16. The van der Waals surface area contributed by atoms with E-state index in [4.69, 9.17) is 9.47 Å². The molecule has 140 valence electrons. The van der Waals surface area contributed by atoms with Gasteiger partial charge in [-0.05, 0) is 31.5 Å². The van der Waals surface area contributed by atoms with Crippen LogP contribution in [0.3, 0.4) is 0 Å². The summed E-state index contributed by atoms with van der Waals surface area (Å²) in [6, 6.07) is 4.00. The van der Waals surface area contributed by atoms with Crippen LogP contribution in [-0.2, 0) is 11.2 Å². The minimum Gasteiger partial charge on any atom is -0.493 e. The lowest BCUT2D eigenvalue weighted by atomic mass is 10.1. The third-order valence-electron chi connectivity index (χ3n) is 5.18. The lowest BCUT2D eigenvalue weighted by Crippen LogP contribution is -2.50. The number of benzene rings is 1. The molecular weight excluding hydrogens is 332 g/mol. The number of amides is 1. The molecular formula is C20H26N2O4. The van der Waals surface area contributed by atoms with E-state index >= 15 is 0 Å². The fourth-order valence-corrected chi connectivity index (χ4v) is 3.55. The van der Waals surface area contributed by atoms with Gasteiger partial charge in [0, 0.05) is 55.9 Å². The second kappa shape index (κ2) is 7.50. The molecule has 0 spiro atoms. The van der Waals surface area contributed by atoms with Crippen LogP contribution < -0.4 is 9.47 Å². The maximum Gasteiger partial charge on any atom is 0.247 e. The van der Waals surface area contributed by atoms with E-state index in [1.54, 1.807) is 20.3 Å². The van der Waals surface area contributed by atoms with Crippen LogP contribution in [0, 0.1) is 0 Å². The first-order valence-electron chi connectivity index (χ1n) is 8.97. The number of nitrogens with zero attached hydrogens (tertiary/aromatic N) is 2. The summed E-state index contributed by atoms with van der Waals surface area (Å²) >= 11 is 0. The molecule has 1 aromatic carbocycles. The van der Waals surface area contributed by atoms with E-state index in [2.05, 4.69) is 18.7 Å². The van der Waals surface area contributed by atoms with Gasteiger partial charge in [0.1, 0.15) is 0 Å². The molecule has 0 N–H and O–H groups in total. The average Bonchev–Trinajstić information content (AvgIpc) is 2.95. The number of allylic oxidation sites excluding steroid dienone is 1. The quantitative estimate of drug-likeness (QED) is 0.770. The first kappa shape index (κ1) is 18.5. The summed E-state index contributed by atoms with van der Waals surface area (Å²) in [5.74, 6) is 0.937. The molecule has 1 saturated heterocycles. The molecule has 0 atom stereocenters. The minimum atomic E-state index is -0.102. The van der Waals surface area contributed by atoms with Crippen LogP contribution in [0.25, 0.3) is 0 Å². The van der Waals surface area contributed by atoms with E-state index in [1.165, 1.54) is 6.08 Å². The van der Waals surface area contributed by atoms with Crippen LogP contribution in [0.4, 0.5) is 0 Å². The van der Waals surface area contributed by atoms with Crippen molar-refractivity contribution in [3.05, 3.63) is 34.9 Å². The summed E-state index contributed by atoms with van der Waals surface area (Å²) in [5.41, 5.74) is 1.99. The van der Waals surface area contributed by atoms with Gasteiger partial charge < -0.3 is 14.4 Å². The number of carbonyl (C=O) groups is 2. The molecule has 0 aromatic heterocycles. The Labute approximate surface area is 154 Å². The van der Waals surface area contributed by atoms with Crippen molar-refractivity contribution in [1.82, 2.24) is 9.80 Å². The molecule has 1 aliphatic carbocycles. The van der Waals surface area contributed by atoms with E-state index in [1.807, 2.05) is 11.0 Å². The normalized spacial score (nSPS) is 19.2.